The number of nitrogens with one attached hydrogen (secondary N) is 1. The zero-order valence-electron chi connectivity index (χ0n) is 7.12. The van der Waals surface area contributed by atoms with E-state index in [1.165, 1.54) is 0 Å². The maximum atomic E-state index is 11.0. The molecule has 1 atom stereocenters. The molecular weight excluding hydrogens is 174 g/mol. The molecule has 0 bridgehead atoms. The van der Waals surface area contributed by atoms with Gasteiger partial charge in [-0.3, -0.25) is 4.79 Å². The van der Waals surface area contributed by atoms with Crippen molar-refractivity contribution in [1.29, 1.82) is 0 Å². The number of amides is 1. The van der Waals surface area contributed by atoms with Gasteiger partial charge in [0, 0.05) is 31.3 Å². The highest BCUT2D eigenvalue weighted by atomic mass is 32.1. The van der Waals surface area contributed by atoms with Gasteiger partial charge in [-0.2, -0.15) is 12.6 Å². The molecule has 0 heterocycles. The summed E-state index contributed by atoms with van der Waals surface area (Å²) in [6.45, 7) is 1.01. The Bertz CT molecular complexity index is 132. The predicted octanol–water partition coefficient (Wildman–Crippen LogP) is -0.901. The minimum absolute atomic E-state index is 0.0111. The lowest BCUT2D eigenvalue weighted by Crippen LogP contribution is -2.31. The third-order valence-electron chi connectivity index (χ3n) is 1.44. The molecule has 0 aromatic heterocycles. The molecule has 0 saturated heterocycles. The van der Waals surface area contributed by atoms with Crippen LogP contribution in [0.15, 0.2) is 0 Å². The maximum absolute atomic E-state index is 11.0. The molecule has 0 spiro atoms. The van der Waals surface area contributed by atoms with Gasteiger partial charge in [0.25, 0.3) is 0 Å². The van der Waals surface area contributed by atoms with Crippen molar-refractivity contribution in [2.24, 2.45) is 11.5 Å². The lowest BCUT2D eigenvalue weighted by molar-refractivity contribution is -0.121. The molecule has 0 fully saturated rings. The van der Waals surface area contributed by atoms with Crippen LogP contribution < -0.4 is 16.8 Å². The Kier molecular flexibility index (Phi) is 7.23. The van der Waals surface area contributed by atoms with E-state index in [2.05, 4.69) is 17.9 Å². The number of rotatable bonds is 6. The fourth-order valence-corrected chi connectivity index (χ4v) is 0.890. The molecule has 72 valence electrons. The van der Waals surface area contributed by atoms with Gasteiger partial charge in [-0.1, -0.05) is 0 Å². The van der Waals surface area contributed by atoms with Gasteiger partial charge in [0.05, 0.1) is 0 Å². The minimum Gasteiger partial charge on any atom is -0.355 e. The van der Waals surface area contributed by atoms with E-state index in [-0.39, 0.29) is 11.9 Å². The number of hydrogen-bond donors (Lipinski definition) is 4. The molecule has 0 rings (SSSR count). The first-order valence-electron chi connectivity index (χ1n) is 4.04. The van der Waals surface area contributed by atoms with E-state index in [0.717, 1.165) is 0 Å². The SMILES string of the molecule is NCCNC(=O)CCC(N)CS. The Morgan fingerprint density at radius 2 is 2.25 bits per heavy atom. The van der Waals surface area contributed by atoms with Gasteiger partial charge in [0.1, 0.15) is 0 Å². The highest BCUT2D eigenvalue weighted by Crippen LogP contribution is 1.95. The molecule has 0 aromatic rings. The Hall–Kier alpha value is -0.260. The second-order valence-corrected chi connectivity index (χ2v) is 2.99. The van der Waals surface area contributed by atoms with Crippen LogP contribution in [0.1, 0.15) is 12.8 Å². The average molecular weight is 191 g/mol. The van der Waals surface area contributed by atoms with Crippen molar-refractivity contribution in [1.82, 2.24) is 5.32 Å². The van der Waals surface area contributed by atoms with Crippen LogP contribution in [0.5, 0.6) is 0 Å². The molecule has 5 heteroatoms. The summed E-state index contributed by atoms with van der Waals surface area (Å²) in [6.07, 6.45) is 1.14. The van der Waals surface area contributed by atoms with Crippen LogP contribution in [0.3, 0.4) is 0 Å². The molecule has 4 nitrogen and oxygen atoms in total. The summed E-state index contributed by atoms with van der Waals surface area (Å²) in [4.78, 5) is 11.0. The van der Waals surface area contributed by atoms with Crippen molar-refractivity contribution in [3.63, 3.8) is 0 Å². The first kappa shape index (κ1) is 11.7. The zero-order valence-corrected chi connectivity index (χ0v) is 8.02. The van der Waals surface area contributed by atoms with Crippen molar-refractivity contribution >= 4 is 18.5 Å². The first-order valence-corrected chi connectivity index (χ1v) is 4.67. The largest absolute Gasteiger partial charge is 0.355 e. The summed E-state index contributed by atoms with van der Waals surface area (Å²) in [5.41, 5.74) is 10.8. The van der Waals surface area contributed by atoms with Crippen LogP contribution in [0.2, 0.25) is 0 Å². The molecule has 0 radical (unpaired) electrons. The van der Waals surface area contributed by atoms with Gasteiger partial charge < -0.3 is 16.8 Å². The van der Waals surface area contributed by atoms with E-state index >= 15 is 0 Å². The first-order chi connectivity index (χ1) is 5.70. The fourth-order valence-electron chi connectivity index (χ4n) is 0.708. The molecule has 5 N–H and O–H groups in total. The van der Waals surface area contributed by atoms with Crippen LogP contribution in [-0.4, -0.2) is 30.8 Å². The normalized spacial score (nSPS) is 12.6. The van der Waals surface area contributed by atoms with Crippen LogP contribution in [-0.2, 0) is 4.79 Å². The summed E-state index contributed by atoms with van der Waals surface area (Å²) in [5.74, 6) is 0.627. The summed E-state index contributed by atoms with van der Waals surface area (Å²) in [7, 11) is 0. The zero-order chi connectivity index (χ0) is 9.40. The van der Waals surface area contributed by atoms with Crippen molar-refractivity contribution < 1.29 is 4.79 Å². The van der Waals surface area contributed by atoms with Crippen LogP contribution in [0, 0.1) is 0 Å². The van der Waals surface area contributed by atoms with E-state index in [1.54, 1.807) is 0 Å². The van der Waals surface area contributed by atoms with Gasteiger partial charge in [-0.05, 0) is 6.42 Å². The van der Waals surface area contributed by atoms with Crippen LogP contribution >= 0.6 is 12.6 Å². The number of hydrogen-bond acceptors (Lipinski definition) is 4. The highest BCUT2D eigenvalue weighted by Gasteiger charge is 2.04. The Labute approximate surface area is 78.5 Å². The summed E-state index contributed by atoms with van der Waals surface area (Å²) >= 11 is 4.01. The molecule has 12 heavy (non-hydrogen) atoms. The summed E-state index contributed by atoms with van der Waals surface area (Å²) in [5, 5.41) is 2.67. The minimum atomic E-state index is 0.0111. The van der Waals surface area contributed by atoms with Crippen molar-refractivity contribution in [3.05, 3.63) is 0 Å². The van der Waals surface area contributed by atoms with Crippen molar-refractivity contribution in [2.75, 3.05) is 18.8 Å². The fraction of sp³-hybridized carbons (Fsp3) is 0.857. The van der Waals surface area contributed by atoms with E-state index < -0.39 is 0 Å². The molecule has 0 aliphatic rings. The molecule has 1 amide bonds. The van der Waals surface area contributed by atoms with Crippen molar-refractivity contribution in [2.45, 2.75) is 18.9 Å². The molecule has 1 unspecified atom stereocenters. The molecule has 0 aromatic carbocycles. The average Bonchev–Trinajstić information content (AvgIpc) is 2.10. The van der Waals surface area contributed by atoms with Gasteiger partial charge in [0.2, 0.25) is 5.91 Å². The van der Waals surface area contributed by atoms with E-state index in [0.29, 0.717) is 31.7 Å². The van der Waals surface area contributed by atoms with Gasteiger partial charge in [-0.25, -0.2) is 0 Å². The second kappa shape index (κ2) is 7.39. The Morgan fingerprint density at radius 3 is 2.75 bits per heavy atom. The summed E-state index contributed by atoms with van der Waals surface area (Å²) < 4.78 is 0. The topological polar surface area (TPSA) is 81.1 Å². The quantitative estimate of drug-likeness (QED) is 0.411. The standard InChI is InChI=1S/C7H17N3OS/c8-3-4-10-7(11)2-1-6(9)5-12/h6,12H,1-5,8-9H2,(H,10,11). The number of thiol groups is 1. The summed E-state index contributed by atoms with van der Waals surface area (Å²) in [6, 6.07) is 0.0111. The third-order valence-corrected chi connectivity index (χ3v) is 1.91. The van der Waals surface area contributed by atoms with Gasteiger partial charge in [-0.15, -0.1) is 0 Å². The molecular formula is C7H17N3OS. The number of nitrogens with two attached hydrogens (primary N) is 2. The van der Waals surface area contributed by atoms with E-state index in [1.807, 2.05) is 0 Å². The van der Waals surface area contributed by atoms with Gasteiger partial charge >= 0.3 is 0 Å². The monoisotopic (exact) mass is 191 g/mol. The van der Waals surface area contributed by atoms with E-state index in [4.69, 9.17) is 11.5 Å². The second-order valence-electron chi connectivity index (χ2n) is 2.62. The molecule has 0 aliphatic carbocycles. The lowest BCUT2D eigenvalue weighted by Gasteiger charge is -2.07. The number of carbonyl (C=O) groups is 1. The van der Waals surface area contributed by atoms with E-state index in [9.17, 15) is 4.79 Å². The molecule has 0 saturated carbocycles. The third kappa shape index (κ3) is 6.45. The lowest BCUT2D eigenvalue weighted by atomic mass is 10.2. The maximum Gasteiger partial charge on any atom is 0.220 e. The highest BCUT2D eigenvalue weighted by molar-refractivity contribution is 7.80. The van der Waals surface area contributed by atoms with Crippen LogP contribution in [0.4, 0.5) is 0 Å². The smallest absolute Gasteiger partial charge is 0.220 e. The number of carbonyl (C=O) groups excluding carboxylic acids is 1. The van der Waals surface area contributed by atoms with Crippen molar-refractivity contribution in [3.8, 4) is 0 Å². The predicted molar refractivity (Wildman–Crippen MR) is 53.1 cm³/mol. The van der Waals surface area contributed by atoms with Gasteiger partial charge in [0.15, 0.2) is 0 Å². The Morgan fingerprint density at radius 1 is 1.58 bits per heavy atom. The Balaban J connectivity index is 3.31. The van der Waals surface area contributed by atoms with Crippen LogP contribution in [0.25, 0.3) is 0 Å². The molecule has 0 aliphatic heterocycles.